The zero-order valence-corrected chi connectivity index (χ0v) is 30.1. The molecule has 0 fully saturated rings. The van der Waals surface area contributed by atoms with Gasteiger partial charge in [-0.05, 0) is 51.1 Å². The molecule has 3 nitrogen and oxygen atoms in total. The third kappa shape index (κ3) is 7.45. The first-order valence-electron chi connectivity index (χ1n) is 16.8. The van der Waals surface area contributed by atoms with E-state index in [-0.39, 0.29) is 20.1 Å². The average molecular weight is 798 g/mol. The quantitative estimate of drug-likeness (QED) is 0.129. The molecule has 0 aliphatic rings. The summed E-state index contributed by atoms with van der Waals surface area (Å²) in [5.41, 5.74) is 9.10. The Morgan fingerprint density at radius 3 is 2.22 bits per heavy atom. The predicted octanol–water partition coefficient (Wildman–Crippen LogP) is 10.6. The minimum Gasteiger partial charge on any atom is -0.477 e. The first-order chi connectivity index (χ1) is 22.9. The molecule has 0 amide bonds. The monoisotopic (exact) mass is 798 g/mol. The molecule has 46 heavy (non-hydrogen) atoms. The summed E-state index contributed by atoms with van der Waals surface area (Å²) in [6.07, 6.45) is 3.79. The zero-order valence-electron chi connectivity index (χ0n) is 29.7. The second kappa shape index (κ2) is 14.1. The number of rotatable bonds is 5. The van der Waals surface area contributed by atoms with E-state index in [4.69, 9.17) is 8.53 Å². The van der Waals surface area contributed by atoms with Crippen LogP contribution in [0.15, 0.2) is 120 Å². The van der Waals surface area contributed by atoms with Gasteiger partial charge in [-0.15, -0.1) is 53.1 Å². The van der Waals surface area contributed by atoms with E-state index in [0.717, 1.165) is 50.0 Å². The molecule has 0 aliphatic heterocycles. The number of fused-ring (bicyclic) bond motifs is 3. The van der Waals surface area contributed by atoms with Gasteiger partial charge in [-0.25, -0.2) is 0 Å². The maximum atomic E-state index is 7.35. The van der Waals surface area contributed by atoms with E-state index in [0.29, 0.717) is 11.5 Å². The van der Waals surface area contributed by atoms with E-state index < -0.39 is 14.9 Å². The van der Waals surface area contributed by atoms with Crippen molar-refractivity contribution < 1.29 is 28.6 Å². The van der Waals surface area contributed by atoms with Gasteiger partial charge in [-0.2, -0.15) is 0 Å². The molecule has 0 spiro atoms. The second-order valence-corrected chi connectivity index (χ2v) is 17.7. The Hall–Kier alpha value is -4.15. The van der Waals surface area contributed by atoms with Crippen LogP contribution in [0.4, 0.5) is 0 Å². The molecule has 4 aromatic carbocycles. The molecular weight excluding hydrogens is 757 g/mol. The van der Waals surface area contributed by atoms with Crippen molar-refractivity contribution in [2.45, 2.75) is 46.3 Å². The van der Waals surface area contributed by atoms with Crippen molar-refractivity contribution in [1.29, 1.82) is 0 Å². The standard InChI is InChI=1S/C26H20NO.C15H18NSi.Ir/c1-17(2)19-12-13-27-24(14-19)21-9-11-23-22-10-8-20(18-6-4-3-5-7-18)15-25(22)28-26(23)16-21;1-12-5-7-13(8-6-12)15-10-9-14(11-16-15)17(2,3)4;/h3-15,17H,1-2H3;5-7,9-11H,1-4H3;/q2*-1;/i;1D3;. The Morgan fingerprint density at radius 2 is 1.54 bits per heavy atom. The smallest absolute Gasteiger partial charge is 0.124 e. The summed E-state index contributed by atoms with van der Waals surface area (Å²) in [6, 6.07) is 40.6. The summed E-state index contributed by atoms with van der Waals surface area (Å²) in [7, 11) is -1.34. The summed E-state index contributed by atoms with van der Waals surface area (Å²) in [5.74, 6) is 0.466. The zero-order chi connectivity index (χ0) is 34.1. The molecule has 7 rings (SSSR count). The SMILES string of the molecule is CC(C)c1ccnc(-c2[c-]c3oc4cc(-c5ccccc5)ccc4c3cc2)c1.[2H]C([2H])([2H])c1c[c-]c(-c2ccc([Si](C)(C)C)cn2)cc1.[Ir]. The van der Waals surface area contributed by atoms with Crippen molar-refractivity contribution in [3.63, 3.8) is 0 Å². The van der Waals surface area contributed by atoms with E-state index >= 15 is 0 Å². The van der Waals surface area contributed by atoms with Crippen molar-refractivity contribution in [2.75, 3.05) is 0 Å². The minimum absolute atomic E-state index is 0. The van der Waals surface area contributed by atoms with Crippen molar-refractivity contribution in [1.82, 2.24) is 9.97 Å². The molecule has 1 radical (unpaired) electrons. The molecule has 0 bridgehead atoms. The first kappa shape index (κ1) is 29.3. The van der Waals surface area contributed by atoms with Crippen LogP contribution in [0.25, 0.3) is 55.6 Å². The molecule has 5 heteroatoms. The summed E-state index contributed by atoms with van der Waals surface area (Å²) in [5, 5.41) is 3.50. The maximum Gasteiger partial charge on any atom is 0.124 e. The molecule has 7 aromatic rings. The van der Waals surface area contributed by atoms with E-state index in [1.54, 1.807) is 12.1 Å². The van der Waals surface area contributed by atoms with Gasteiger partial charge in [0.25, 0.3) is 0 Å². The summed E-state index contributed by atoms with van der Waals surface area (Å²) in [4.78, 5) is 9.00. The molecule has 0 atom stereocenters. The number of aryl methyl sites for hydroxylation is 1. The molecule has 3 heterocycles. The van der Waals surface area contributed by atoms with Crippen molar-refractivity contribution in [3.05, 3.63) is 139 Å². The number of nitrogens with zero attached hydrogens (tertiary/aromatic N) is 2. The average Bonchev–Trinajstić information content (AvgIpc) is 3.45. The van der Waals surface area contributed by atoms with Crippen LogP contribution in [-0.4, -0.2) is 18.0 Å². The fraction of sp³-hybridized carbons (Fsp3) is 0.171. The number of benzene rings is 4. The maximum absolute atomic E-state index is 7.35. The number of hydrogen-bond acceptors (Lipinski definition) is 3. The van der Waals surface area contributed by atoms with Gasteiger partial charge in [0.05, 0.1) is 13.7 Å². The molecule has 233 valence electrons. The summed E-state index contributed by atoms with van der Waals surface area (Å²) in [6.45, 7) is 9.14. The van der Waals surface area contributed by atoms with Crippen LogP contribution in [0.5, 0.6) is 0 Å². The first-order valence-corrected chi connectivity index (χ1v) is 18.8. The number of aromatic nitrogens is 2. The van der Waals surface area contributed by atoms with Gasteiger partial charge in [0.1, 0.15) is 5.58 Å². The van der Waals surface area contributed by atoms with Crippen molar-refractivity contribution in [3.8, 4) is 33.6 Å². The molecule has 0 saturated carbocycles. The number of furan rings is 1. The number of pyridine rings is 2. The van der Waals surface area contributed by atoms with Crippen LogP contribution in [0.1, 0.15) is 35.0 Å². The van der Waals surface area contributed by atoms with Gasteiger partial charge < -0.3 is 14.4 Å². The third-order valence-corrected chi connectivity index (χ3v) is 9.97. The normalized spacial score (nSPS) is 12.5. The Bertz CT molecular complexity index is 2120. The summed E-state index contributed by atoms with van der Waals surface area (Å²) < 4.78 is 28.2. The Labute approximate surface area is 291 Å². The second-order valence-electron chi connectivity index (χ2n) is 12.6. The minimum atomic E-state index is -2.08. The van der Waals surface area contributed by atoms with Crippen LogP contribution in [0.2, 0.25) is 19.6 Å². The summed E-state index contributed by atoms with van der Waals surface area (Å²) >= 11 is 0. The van der Waals surface area contributed by atoms with Gasteiger partial charge in [-0.3, -0.25) is 0 Å². The Balaban J connectivity index is 0.000000199. The molecular formula is C41H38IrN2OSi-2. The molecule has 0 unspecified atom stereocenters. The third-order valence-electron chi connectivity index (χ3n) is 7.95. The van der Waals surface area contributed by atoms with Crippen LogP contribution in [-0.2, 0) is 20.1 Å². The van der Waals surface area contributed by atoms with Gasteiger partial charge in [-0.1, -0.05) is 118 Å². The predicted molar refractivity (Wildman–Crippen MR) is 192 cm³/mol. The Kier molecular flexibility index (Phi) is 8.96. The van der Waals surface area contributed by atoms with Crippen molar-refractivity contribution >= 4 is 35.2 Å². The van der Waals surface area contributed by atoms with E-state index in [1.807, 2.05) is 24.5 Å². The van der Waals surface area contributed by atoms with E-state index in [2.05, 4.69) is 128 Å². The Morgan fingerprint density at radius 1 is 0.761 bits per heavy atom. The van der Waals surface area contributed by atoms with Gasteiger partial charge in [0.15, 0.2) is 0 Å². The fourth-order valence-corrected chi connectivity index (χ4v) is 6.23. The number of hydrogen-bond donors (Lipinski definition) is 0. The van der Waals surface area contributed by atoms with Gasteiger partial charge >= 0.3 is 0 Å². The molecule has 0 N–H and O–H groups in total. The van der Waals surface area contributed by atoms with Crippen LogP contribution >= 0.6 is 0 Å². The van der Waals surface area contributed by atoms with Crippen LogP contribution in [0, 0.1) is 19.0 Å². The van der Waals surface area contributed by atoms with Crippen LogP contribution in [0.3, 0.4) is 0 Å². The van der Waals surface area contributed by atoms with Gasteiger partial charge in [0.2, 0.25) is 0 Å². The largest absolute Gasteiger partial charge is 0.477 e. The van der Waals surface area contributed by atoms with Crippen molar-refractivity contribution in [2.24, 2.45) is 0 Å². The molecule has 3 aromatic heterocycles. The van der Waals surface area contributed by atoms with Crippen LogP contribution < -0.4 is 5.19 Å². The van der Waals surface area contributed by atoms with E-state index in [9.17, 15) is 0 Å². The van der Waals surface area contributed by atoms with Gasteiger partial charge in [0, 0.05) is 36.6 Å². The molecule has 0 aliphatic carbocycles. The molecule has 0 saturated heterocycles. The fourth-order valence-electron chi connectivity index (χ4n) is 5.20. The topological polar surface area (TPSA) is 38.9 Å². The van der Waals surface area contributed by atoms with E-state index in [1.165, 1.54) is 22.4 Å².